The molecule has 0 rings (SSSR count). The maximum atomic E-state index is 13.6. The van der Waals surface area contributed by atoms with Crippen molar-refractivity contribution >= 4 is 12.1 Å². The molecule has 0 aliphatic carbocycles. The highest BCUT2D eigenvalue weighted by molar-refractivity contribution is 5.86. The zero-order valence-electron chi connectivity index (χ0n) is 18.4. The Labute approximate surface area is 207 Å². The van der Waals surface area contributed by atoms with E-state index in [4.69, 9.17) is 0 Å². The number of ether oxygens (including phenoxy) is 2. The van der Waals surface area contributed by atoms with Gasteiger partial charge in [0.2, 0.25) is 0 Å². The number of alkyl carbamates (subject to hydrolysis) is 1. The number of amides is 1. The molecule has 0 unspecified atom stereocenters. The van der Waals surface area contributed by atoms with Crippen LogP contribution in [0.15, 0.2) is 12.2 Å². The molecule has 0 aromatic rings. The summed E-state index contributed by atoms with van der Waals surface area (Å²) in [7, 11) is 0. The van der Waals surface area contributed by atoms with E-state index in [1.807, 2.05) is 0 Å². The molecule has 0 spiro atoms. The largest absolute Gasteiger partial charge is 0.474 e. The van der Waals surface area contributed by atoms with Crippen molar-refractivity contribution in [1.29, 1.82) is 0 Å². The Bertz CT molecular complexity index is 972. The van der Waals surface area contributed by atoms with Crippen molar-refractivity contribution in [1.82, 2.24) is 5.32 Å². The monoisotopic (exact) mass is 641 g/mol. The molecule has 5 nitrogen and oxygen atoms in total. The lowest BCUT2D eigenvalue weighted by atomic mass is 9.88. The summed E-state index contributed by atoms with van der Waals surface area (Å²) < 4.78 is 256. The van der Waals surface area contributed by atoms with Crippen LogP contribution in [0.1, 0.15) is 6.92 Å². The minimum absolute atomic E-state index is 0.306. The Morgan fingerprint density at radius 2 is 0.925 bits per heavy atom. The van der Waals surface area contributed by atoms with E-state index in [9.17, 15) is 93.0 Å². The van der Waals surface area contributed by atoms with Crippen LogP contribution in [-0.2, 0) is 14.3 Å². The lowest BCUT2D eigenvalue weighted by Gasteiger charge is -2.43. The van der Waals surface area contributed by atoms with E-state index in [0.29, 0.717) is 0 Å². The second kappa shape index (κ2) is 10.5. The van der Waals surface area contributed by atoms with E-state index in [-0.39, 0.29) is 5.57 Å². The van der Waals surface area contributed by atoms with Crippen LogP contribution < -0.4 is 5.32 Å². The topological polar surface area (TPSA) is 64.6 Å². The first-order valence-electron chi connectivity index (χ1n) is 9.11. The molecule has 1 amide bonds. The lowest BCUT2D eigenvalue weighted by molar-refractivity contribution is -0.477. The molecule has 0 atom stereocenters. The highest BCUT2D eigenvalue weighted by Crippen LogP contribution is 2.65. The van der Waals surface area contributed by atoms with Crippen LogP contribution >= 0.6 is 0 Å². The van der Waals surface area contributed by atoms with Gasteiger partial charge in [-0.3, -0.25) is 0 Å². The molecule has 236 valence electrons. The molecule has 0 aliphatic heterocycles. The van der Waals surface area contributed by atoms with E-state index in [1.54, 1.807) is 0 Å². The summed E-state index contributed by atoms with van der Waals surface area (Å²) in [6.45, 7) is 1.83. The Morgan fingerprint density at radius 3 is 1.25 bits per heavy atom. The second-order valence-corrected chi connectivity index (χ2v) is 7.27. The van der Waals surface area contributed by atoms with Gasteiger partial charge in [0, 0.05) is 5.57 Å². The van der Waals surface area contributed by atoms with E-state index < -0.39 is 79.0 Å². The molecular weight excluding hydrogens is 631 g/mol. The molecule has 24 heteroatoms. The number of esters is 1. The van der Waals surface area contributed by atoms with Gasteiger partial charge in [0.05, 0.1) is 6.54 Å². The third-order valence-electron chi connectivity index (χ3n) is 4.26. The van der Waals surface area contributed by atoms with E-state index in [1.165, 1.54) is 0 Å². The number of alkyl halides is 19. The molecule has 0 heterocycles. The number of halogens is 19. The number of rotatable bonds is 12. The van der Waals surface area contributed by atoms with Crippen molar-refractivity contribution in [2.75, 3.05) is 13.2 Å². The smallest absolute Gasteiger partial charge is 0.460 e. The van der Waals surface area contributed by atoms with Gasteiger partial charge in [-0.1, -0.05) is 6.58 Å². The predicted molar refractivity (Wildman–Crippen MR) is 85.9 cm³/mol. The highest BCUT2D eigenvalue weighted by Gasteiger charge is 2.97. The van der Waals surface area contributed by atoms with Crippen LogP contribution in [0.3, 0.4) is 0 Å². The van der Waals surface area contributed by atoms with Crippen LogP contribution in [0.5, 0.6) is 0 Å². The van der Waals surface area contributed by atoms with Gasteiger partial charge < -0.3 is 14.8 Å². The summed E-state index contributed by atoms with van der Waals surface area (Å²) in [5.74, 6) is -62.7. The first kappa shape index (κ1) is 37.1. The van der Waals surface area contributed by atoms with Gasteiger partial charge in [-0.2, -0.15) is 83.4 Å². The molecule has 0 aliphatic rings. The minimum atomic E-state index is -9.09. The third-order valence-corrected chi connectivity index (χ3v) is 4.26. The average Bonchev–Trinajstić information content (AvgIpc) is 2.74. The van der Waals surface area contributed by atoms with Crippen LogP contribution in [0.4, 0.5) is 88.2 Å². The molecular formula is C16H10F19NO4. The normalized spacial score (nSPS) is 15.0. The lowest BCUT2D eigenvalue weighted by Crippen LogP contribution is -2.76. The zero-order chi connectivity index (χ0) is 32.8. The molecule has 0 fully saturated rings. The third kappa shape index (κ3) is 5.65. The van der Waals surface area contributed by atoms with E-state index in [0.717, 1.165) is 12.2 Å². The Morgan fingerprint density at radius 1 is 0.600 bits per heavy atom. The fourth-order valence-electron chi connectivity index (χ4n) is 1.98. The summed E-state index contributed by atoms with van der Waals surface area (Å²) >= 11 is 0. The first-order valence-corrected chi connectivity index (χ1v) is 9.11. The predicted octanol–water partition coefficient (Wildman–Crippen LogP) is 6.43. The van der Waals surface area contributed by atoms with Crippen LogP contribution in [0, 0.1) is 0 Å². The fraction of sp³-hybridized carbons (Fsp3) is 0.750. The molecule has 0 bridgehead atoms. The quantitative estimate of drug-likeness (QED) is 0.116. The summed E-state index contributed by atoms with van der Waals surface area (Å²) in [4.78, 5) is 22.0. The SMILES string of the molecule is C=C(C)C(=O)OCCNC(=O)OC(F)(F)C(F)(F)C(F)(F)C(F)(F)C(F)(F)C(F)(F)C(F)(F)C(F)(F)C(F)(F)F. The van der Waals surface area contributed by atoms with Gasteiger partial charge in [-0.05, 0) is 6.92 Å². The molecule has 0 radical (unpaired) electrons. The molecule has 0 saturated heterocycles. The number of hydrogen-bond acceptors (Lipinski definition) is 4. The van der Waals surface area contributed by atoms with Crippen molar-refractivity contribution in [3.8, 4) is 0 Å². The summed E-state index contributed by atoms with van der Waals surface area (Å²) in [5, 5.41) is 0.929. The zero-order valence-corrected chi connectivity index (χ0v) is 18.4. The molecule has 40 heavy (non-hydrogen) atoms. The second-order valence-electron chi connectivity index (χ2n) is 7.27. The van der Waals surface area contributed by atoms with Crippen LogP contribution in [-0.4, -0.2) is 79.0 Å². The summed E-state index contributed by atoms with van der Waals surface area (Å²) in [6, 6.07) is 0. The summed E-state index contributed by atoms with van der Waals surface area (Å²) in [5.41, 5.74) is -0.306. The first-order chi connectivity index (χ1) is 17.2. The molecule has 1 N–H and O–H groups in total. The van der Waals surface area contributed by atoms with Crippen LogP contribution in [0.25, 0.3) is 0 Å². The minimum Gasteiger partial charge on any atom is -0.460 e. The standard InChI is InChI=1S/C16H10F19NO4/c1-5(2)6(37)39-4-3-36-7(38)40-16(34,35)14(29,30)12(25,26)10(21,22)8(17,18)9(19,20)11(23,24)13(27,28)15(31,32)33/h1,3-4H2,2H3,(H,36,38). The molecule has 0 aromatic carbocycles. The van der Waals surface area contributed by atoms with Gasteiger partial charge in [0.25, 0.3) is 0 Å². The van der Waals surface area contributed by atoms with Crippen molar-refractivity contribution < 1.29 is 102 Å². The maximum Gasteiger partial charge on any atom is 0.474 e. The van der Waals surface area contributed by atoms with E-state index in [2.05, 4.69) is 16.1 Å². The Hall–Kier alpha value is -2.85. The number of carbonyl (C=O) groups excluding carboxylic acids is 2. The van der Waals surface area contributed by atoms with Crippen molar-refractivity contribution in [2.45, 2.75) is 60.7 Å². The summed E-state index contributed by atoms with van der Waals surface area (Å²) in [6.07, 6.45) is -18.4. The van der Waals surface area contributed by atoms with Gasteiger partial charge in [0.1, 0.15) is 6.61 Å². The van der Waals surface area contributed by atoms with E-state index >= 15 is 0 Å². The highest BCUT2D eigenvalue weighted by atomic mass is 19.4. The van der Waals surface area contributed by atoms with Gasteiger partial charge in [-0.25, -0.2) is 9.59 Å². The maximum absolute atomic E-state index is 13.6. The van der Waals surface area contributed by atoms with Gasteiger partial charge >= 0.3 is 65.8 Å². The fourth-order valence-corrected chi connectivity index (χ4v) is 1.98. The average molecular weight is 641 g/mol. The van der Waals surface area contributed by atoms with Crippen molar-refractivity contribution in [3.63, 3.8) is 0 Å². The molecule has 0 aromatic heterocycles. The van der Waals surface area contributed by atoms with Crippen LogP contribution in [0.2, 0.25) is 0 Å². The van der Waals surface area contributed by atoms with Crippen molar-refractivity contribution in [3.05, 3.63) is 12.2 Å². The number of hydrogen-bond donors (Lipinski definition) is 1. The Kier molecular flexibility index (Phi) is 9.77. The Balaban J connectivity index is 6.30. The molecule has 0 saturated carbocycles. The number of carbonyl (C=O) groups is 2. The van der Waals surface area contributed by atoms with Crippen molar-refractivity contribution in [2.24, 2.45) is 0 Å². The van der Waals surface area contributed by atoms with Gasteiger partial charge in [0.15, 0.2) is 0 Å². The van der Waals surface area contributed by atoms with Gasteiger partial charge in [-0.15, -0.1) is 0 Å². The number of nitrogens with one attached hydrogen (secondary N) is 1.